The topological polar surface area (TPSA) is 134 Å². The molecule has 2 heterocycles. The van der Waals surface area contributed by atoms with Gasteiger partial charge in [-0.2, -0.15) is 0 Å². The SMILES string of the molecule is CNS(=O)(=O)c1ccc(CCC(=O)N2CCC3(CCCCOCCCNC(=O)[C@H](C)NC3=O)CC2)cc1. The molecule has 1 aromatic carbocycles. The summed E-state index contributed by atoms with van der Waals surface area (Å²) in [7, 11) is -2.13. The van der Waals surface area contributed by atoms with E-state index in [-0.39, 0.29) is 22.6 Å². The van der Waals surface area contributed by atoms with Crippen LogP contribution < -0.4 is 15.4 Å². The third kappa shape index (κ3) is 7.99. The van der Waals surface area contributed by atoms with Crippen molar-refractivity contribution in [1.29, 1.82) is 0 Å². The average molecular weight is 537 g/mol. The van der Waals surface area contributed by atoms with Gasteiger partial charge in [0, 0.05) is 39.3 Å². The fourth-order valence-corrected chi connectivity index (χ4v) is 5.59. The van der Waals surface area contributed by atoms with E-state index in [2.05, 4.69) is 15.4 Å². The van der Waals surface area contributed by atoms with Crippen molar-refractivity contribution in [3.05, 3.63) is 29.8 Å². The van der Waals surface area contributed by atoms with E-state index in [0.717, 1.165) is 24.8 Å². The number of amides is 3. The monoisotopic (exact) mass is 536 g/mol. The molecule has 0 aromatic heterocycles. The molecule has 11 heteroatoms. The van der Waals surface area contributed by atoms with Crippen molar-refractivity contribution in [1.82, 2.24) is 20.3 Å². The molecular weight excluding hydrogens is 496 g/mol. The molecule has 2 aliphatic rings. The summed E-state index contributed by atoms with van der Waals surface area (Å²) in [5.74, 6) is -0.300. The van der Waals surface area contributed by atoms with E-state index in [9.17, 15) is 22.8 Å². The lowest BCUT2D eigenvalue weighted by atomic mass is 9.73. The van der Waals surface area contributed by atoms with Crippen molar-refractivity contribution in [2.24, 2.45) is 5.41 Å². The number of aryl methyl sites for hydroxylation is 1. The molecule has 2 aliphatic heterocycles. The molecule has 2 fully saturated rings. The molecular formula is C26H40N4O6S. The second-order valence-corrected chi connectivity index (χ2v) is 11.8. The molecule has 37 heavy (non-hydrogen) atoms. The summed E-state index contributed by atoms with van der Waals surface area (Å²) >= 11 is 0. The Morgan fingerprint density at radius 1 is 1.08 bits per heavy atom. The number of hydrogen-bond acceptors (Lipinski definition) is 6. The molecule has 3 rings (SSSR count). The molecule has 0 aliphatic carbocycles. The van der Waals surface area contributed by atoms with Crippen LogP contribution in [0.4, 0.5) is 0 Å². The number of nitrogens with zero attached hydrogens (tertiary/aromatic N) is 1. The number of rotatable bonds is 5. The Labute approximate surface area is 219 Å². The summed E-state index contributed by atoms with van der Waals surface area (Å²) in [6.07, 6.45) is 5.07. The van der Waals surface area contributed by atoms with Gasteiger partial charge in [-0.1, -0.05) is 18.6 Å². The summed E-state index contributed by atoms with van der Waals surface area (Å²) in [5.41, 5.74) is 0.279. The van der Waals surface area contributed by atoms with Crippen LogP contribution in [0.15, 0.2) is 29.2 Å². The maximum atomic E-state index is 13.4. The molecule has 10 nitrogen and oxygen atoms in total. The third-order valence-corrected chi connectivity index (χ3v) is 8.81. The quantitative estimate of drug-likeness (QED) is 0.520. The first-order valence-corrected chi connectivity index (χ1v) is 14.6. The van der Waals surface area contributed by atoms with Gasteiger partial charge in [-0.15, -0.1) is 0 Å². The number of sulfonamides is 1. The highest BCUT2D eigenvalue weighted by Crippen LogP contribution is 2.37. The number of carbonyl (C=O) groups excluding carboxylic acids is 3. The van der Waals surface area contributed by atoms with E-state index in [1.54, 1.807) is 19.1 Å². The van der Waals surface area contributed by atoms with Gasteiger partial charge in [-0.3, -0.25) is 14.4 Å². The summed E-state index contributed by atoms with van der Waals surface area (Å²) in [6, 6.07) is 5.90. The fraction of sp³-hybridized carbons (Fsp3) is 0.654. The van der Waals surface area contributed by atoms with Crippen LogP contribution in [0.2, 0.25) is 0 Å². The molecule has 1 atom stereocenters. The van der Waals surface area contributed by atoms with E-state index >= 15 is 0 Å². The van der Waals surface area contributed by atoms with E-state index in [4.69, 9.17) is 4.74 Å². The Kier molecular flexibility index (Phi) is 10.5. The van der Waals surface area contributed by atoms with Crippen molar-refractivity contribution in [3.8, 4) is 0 Å². The van der Waals surface area contributed by atoms with Crippen LogP contribution in [0.25, 0.3) is 0 Å². The van der Waals surface area contributed by atoms with Crippen molar-refractivity contribution in [3.63, 3.8) is 0 Å². The van der Waals surface area contributed by atoms with Gasteiger partial charge >= 0.3 is 0 Å². The smallest absolute Gasteiger partial charge is 0.242 e. The minimum Gasteiger partial charge on any atom is -0.381 e. The van der Waals surface area contributed by atoms with Crippen molar-refractivity contribution >= 4 is 27.7 Å². The van der Waals surface area contributed by atoms with E-state index in [1.807, 2.05) is 4.90 Å². The van der Waals surface area contributed by atoms with Gasteiger partial charge in [0.05, 0.1) is 10.3 Å². The number of ether oxygens (including phenoxy) is 1. The zero-order chi connectivity index (χ0) is 26.9. The number of carbonyl (C=O) groups is 3. The standard InChI is InChI=1S/C26H40N4O6S/c1-20-24(32)28-15-5-19-36-18-4-3-12-26(25(33)29-20)13-16-30(17-14-26)23(31)11-8-21-6-9-22(10-7-21)37(34,35)27-2/h6-7,9-10,20,27H,3-5,8,11-19H2,1-2H3,(H,28,32)(H,29,33)/t20-/m0/s1. The lowest BCUT2D eigenvalue weighted by Crippen LogP contribution is -2.54. The molecule has 206 valence electrons. The molecule has 3 N–H and O–H groups in total. The van der Waals surface area contributed by atoms with Crippen LogP contribution >= 0.6 is 0 Å². The van der Waals surface area contributed by atoms with Crippen LogP contribution in [-0.2, 0) is 35.6 Å². The predicted octanol–water partition coefficient (Wildman–Crippen LogP) is 1.35. The highest BCUT2D eigenvalue weighted by Gasteiger charge is 2.42. The van der Waals surface area contributed by atoms with Gasteiger partial charge in [-0.25, -0.2) is 13.1 Å². The van der Waals surface area contributed by atoms with E-state index in [0.29, 0.717) is 65.0 Å². The lowest BCUT2D eigenvalue weighted by Gasteiger charge is -2.41. The second-order valence-electron chi connectivity index (χ2n) is 9.92. The summed E-state index contributed by atoms with van der Waals surface area (Å²) in [4.78, 5) is 40.6. The van der Waals surface area contributed by atoms with Gasteiger partial charge in [0.2, 0.25) is 27.7 Å². The minimum atomic E-state index is -3.49. The Morgan fingerprint density at radius 3 is 2.43 bits per heavy atom. The third-order valence-electron chi connectivity index (χ3n) is 7.38. The highest BCUT2D eigenvalue weighted by atomic mass is 32.2. The summed E-state index contributed by atoms with van der Waals surface area (Å²) in [5, 5.41) is 5.76. The minimum absolute atomic E-state index is 0.0178. The van der Waals surface area contributed by atoms with Gasteiger partial charge < -0.3 is 20.3 Å². The van der Waals surface area contributed by atoms with Crippen LogP contribution in [0.3, 0.4) is 0 Å². The first-order chi connectivity index (χ1) is 17.7. The van der Waals surface area contributed by atoms with Crippen molar-refractivity contribution in [2.45, 2.75) is 69.2 Å². The van der Waals surface area contributed by atoms with Crippen LogP contribution in [-0.4, -0.2) is 77.0 Å². The molecule has 2 saturated heterocycles. The number of hydrogen-bond donors (Lipinski definition) is 3. The zero-order valence-corrected chi connectivity index (χ0v) is 22.7. The number of piperidine rings is 1. The average Bonchev–Trinajstić information content (AvgIpc) is 2.90. The summed E-state index contributed by atoms with van der Waals surface area (Å²) in [6.45, 7) is 4.42. The summed E-state index contributed by atoms with van der Waals surface area (Å²) < 4.78 is 31.7. The molecule has 1 aromatic rings. The molecule has 0 unspecified atom stereocenters. The maximum absolute atomic E-state index is 13.4. The number of benzene rings is 1. The first-order valence-electron chi connectivity index (χ1n) is 13.1. The largest absolute Gasteiger partial charge is 0.381 e. The van der Waals surface area contributed by atoms with Crippen molar-refractivity contribution < 1.29 is 27.5 Å². The molecule has 1 spiro atoms. The van der Waals surface area contributed by atoms with E-state index in [1.165, 1.54) is 19.2 Å². The number of nitrogens with one attached hydrogen (secondary N) is 3. The van der Waals surface area contributed by atoms with Crippen LogP contribution in [0.5, 0.6) is 0 Å². The number of likely N-dealkylation sites (tertiary alicyclic amines) is 1. The normalized spacial score (nSPS) is 22.1. The molecule has 3 amide bonds. The molecule has 0 radical (unpaired) electrons. The van der Waals surface area contributed by atoms with E-state index < -0.39 is 21.5 Å². The van der Waals surface area contributed by atoms with Crippen molar-refractivity contribution in [2.75, 3.05) is 39.9 Å². The molecule has 0 saturated carbocycles. The first kappa shape index (κ1) is 29.1. The van der Waals surface area contributed by atoms with Gasteiger partial charge in [0.25, 0.3) is 0 Å². The fourth-order valence-electron chi connectivity index (χ4n) is 4.86. The van der Waals surface area contributed by atoms with Gasteiger partial charge in [0.15, 0.2) is 0 Å². The highest BCUT2D eigenvalue weighted by molar-refractivity contribution is 7.89. The Hall–Kier alpha value is -2.50. The zero-order valence-electron chi connectivity index (χ0n) is 21.9. The predicted molar refractivity (Wildman–Crippen MR) is 139 cm³/mol. The Balaban J connectivity index is 1.57. The maximum Gasteiger partial charge on any atom is 0.242 e. The Bertz CT molecular complexity index is 1040. The van der Waals surface area contributed by atoms with Gasteiger partial charge in [0.1, 0.15) is 6.04 Å². The van der Waals surface area contributed by atoms with Crippen LogP contribution in [0, 0.1) is 5.41 Å². The Morgan fingerprint density at radius 2 is 1.76 bits per heavy atom. The molecule has 0 bridgehead atoms. The van der Waals surface area contributed by atoms with Crippen LogP contribution in [0.1, 0.15) is 57.4 Å². The second kappa shape index (κ2) is 13.3. The van der Waals surface area contributed by atoms with Gasteiger partial charge in [-0.05, 0) is 70.2 Å². The lowest BCUT2D eigenvalue weighted by molar-refractivity contribution is -0.142.